The molecule has 5 heteroatoms. The van der Waals surface area contributed by atoms with E-state index in [0.29, 0.717) is 30.6 Å². The summed E-state index contributed by atoms with van der Waals surface area (Å²) in [5, 5.41) is 3.53. The Morgan fingerprint density at radius 1 is 1.27 bits per heavy atom. The van der Waals surface area contributed by atoms with E-state index in [1.807, 2.05) is 6.92 Å². The van der Waals surface area contributed by atoms with Crippen LogP contribution in [0.1, 0.15) is 44.2 Å². The topological polar surface area (TPSA) is 39.7 Å². The molecule has 1 spiro atoms. The zero-order valence-electron chi connectivity index (χ0n) is 13.2. The van der Waals surface area contributed by atoms with Crippen molar-refractivity contribution in [3.8, 4) is 5.75 Å². The normalized spacial score (nSPS) is 22.9. The lowest BCUT2D eigenvalue weighted by Gasteiger charge is -2.37. The molecule has 2 fully saturated rings. The van der Waals surface area contributed by atoms with Gasteiger partial charge in [0.2, 0.25) is 0 Å². The van der Waals surface area contributed by atoms with Gasteiger partial charge in [0, 0.05) is 30.5 Å². The van der Waals surface area contributed by atoms with Crippen LogP contribution < -0.4 is 10.1 Å². The Kier molecular flexibility index (Phi) is 4.66. The van der Waals surface area contributed by atoms with Crippen LogP contribution in [0.15, 0.2) is 18.2 Å². The van der Waals surface area contributed by atoms with Crippen LogP contribution in [0.4, 0.5) is 4.39 Å². The summed E-state index contributed by atoms with van der Waals surface area (Å²) in [7, 11) is 1.57. The predicted octanol–water partition coefficient (Wildman–Crippen LogP) is 3.17. The van der Waals surface area contributed by atoms with Crippen LogP contribution in [0.25, 0.3) is 0 Å². The van der Waals surface area contributed by atoms with Gasteiger partial charge in [-0.25, -0.2) is 4.39 Å². The fourth-order valence-electron chi connectivity index (χ4n) is 3.56. The maximum atomic E-state index is 14.1. The maximum Gasteiger partial charge on any atom is 0.168 e. The fourth-order valence-corrected chi connectivity index (χ4v) is 3.56. The van der Waals surface area contributed by atoms with Gasteiger partial charge in [-0.2, -0.15) is 0 Å². The summed E-state index contributed by atoms with van der Waals surface area (Å²) in [5.41, 5.74) is 0.596. The molecule has 1 aliphatic heterocycles. The average molecular weight is 309 g/mol. The van der Waals surface area contributed by atoms with Gasteiger partial charge in [-0.1, -0.05) is 6.07 Å². The van der Waals surface area contributed by atoms with Gasteiger partial charge >= 0.3 is 0 Å². The SMILES string of the molecule is COc1cccc(F)c1[C@H](C)NC1CCC2(CC1)OCCO2. The van der Waals surface area contributed by atoms with E-state index >= 15 is 0 Å². The number of ether oxygens (including phenoxy) is 3. The van der Waals surface area contributed by atoms with E-state index in [1.54, 1.807) is 19.2 Å². The van der Waals surface area contributed by atoms with Crippen molar-refractivity contribution in [1.29, 1.82) is 0 Å². The van der Waals surface area contributed by atoms with Crippen molar-refractivity contribution in [2.75, 3.05) is 20.3 Å². The first-order valence-electron chi connectivity index (χ1n) is 8.00. The predicted molar refractivity (Wildman–Crippen MR) is 81.4 cm³/mol. The van der Waals surface area contributed by atoms with Crippen molar-refractivity contribution >= 4 is 0 Å². The van der Waals surface area contributed by atoms with E-state index < -0.39 is 0 Å². The number of halogens is 1. The Bertz CT molecular complexity index is 507. The molecule has 3 rings (SSSR count). The molecule has 0 radical (unpaired) electrons. The van der Waals surface area contributed by atoms with Crippen LogP contribution in [0.5, 0.6) is 5.75 Å². The first kappa shape index (κ1) is 15.7. The lowest BCUT2D eigenvalue weighted by atomic mass is 9.89. The van der Waals surface area contributed by atoms with Gasteiger partial charge in [0.05, 0.1) is 20.3 Å². The molecular formula is C17H24FNO3. The van der Waals surface area contributed by atoms with Crippen LogP contribution in [0.3, 0.4) is 0 Å². The molecule has 0 unspecified atom stereocenters. The smallest absolute Gasteiger partial charge is 0.168 e. The van der Waals surface area contributed by atoms with Gasteiger partial charge in [0.1, 0.15) is 11.6 Å². The number of benzene rings is 1. The minimum absolute atomic E-state index is 0.0967. The van der Waals surface area contributed by atoms with E-state index in [9.17, 15) is 4.39 Å². The van der Waals surface area contributed by atoms with Crippen molar-refractivity contribution in [3.05, 3.63) is 29.6 Å². The van der Waals surface area contributed by atoms with Gasteiger partial charge in [0.15, 0.2) is 5.79 Å². The van der Waals surface area contributed by atoms with Crippen LogP contribution in [-0.2, 0) is 9.47 Å². The molecule has 0 aromatic heterocycles. The Morgan fingerprint density at radius 2 is 1.95 bits per heavy atom. The van der Waals surface area contributed by atoms with Crippen LogP contribution >= 0.6 is 0 Å². The van der Waals surface area contributed by atoms with E-state index in [-0.39, 0.29) is 17.6 Å². The first-order chi connectivity index (χ1) is 10.6. The molecule has 2 aliphatic rings. The largest absolute Gasteiger partial charge is 0.496 e. The van der Waals surface area contributed by atoms with Crippen LogP contribution in [0.2, 0.25) is 0 Å². The zero-order valence-corrected chi connectivity index (χ0v) is 13.2. The molecule has 4 nitrogen and oxygen atoms in total. The molecule has 1 aliphatic carbocycles. The summed E-state index contributed by atoms with van der Waals surface area (Å²) in [6, 6.07) is 5.20. The number of rotatable bonds is 4. The number of nitrogens with one attached hydrogen (secondary N) is 1. The third-order valence-corrected chi connectivity index (χ3v) is 4.71. The summed E-state index contributed by atoms with van der Waals surface area (Å²) >= 11 is 0. The summed E-state index contributed by atoms with van der Waals surface area (Å²) < 4.78 is 30.9. The molecule has 0 bridgehead atoms. The van der Waals surface area contributed by atoms with E-state index in [1.165, 1.54) is 6.07 Å². The summed E-state index contributed by atoms with van der Waals surface area (Å²) in [5.74, 6) is 0.0146. The maximum absolute atomic E-state index is 14.1. The molecule has 1 aromatic rings. The minimum atomic E-state index is -0.350. The number of methoxy groups -OCH3 is 1. The highest BCUT2D eigenvalue weighted by molar-refractivity contribution is 5.37. The Hall–Kier alpha value is -1.17. The number of hydrogen-bond acceptors (Lipinski definition) is 4. The second-order valence-corrected chi connectivity index (χ2v) is 6.13. The summed E-state index contributed by atoms with van der Waals surface area (Å²) in [4.78, 5) is 0. The summed E-state index contributed by atoms with van der Waals surface area (Å²) in [6.07, 6.45) is 3.74. The Labute approximate surface area is 130 Å². The lowest BCUT2D eigenvalue weighted by Crippen LogP contribution is -2.42. The summed E-state index contributed by atoms with van der Waals surface area (Å²) in [6.45, 7) is 3.37. The zero-order chi connectivity index (χ0) is 15.6. The molecule has 1 saturated heterocycles. The molecule has 1 atom stereocenters. The monoisotopic (exact) mass is 309 g/mol. The van der Waals surface area contributed by atoms with E-state index in [4.69, 9.17) is 14.2 Å². The van der Waals surface area contributed by atoms with Crippen molar-refractivity contribution < 1.29 is 18.6 Å². The van der Waals surface area contributed by atoms with Gasteiger partial charge in [-0.15, -0.1) is 0 Å². The molecule has 1 heterocycles. The molecule has 0 amide bonds. The van der Waals surface area contributed by atoms with Crippen LogP contribution in [0, 0.1) is 5.82 Å². The first-order valence-corrected chi connectivity index (χ1v) is 8.00. The highest BCUT2D eigenvalue weighted by Gasteiger charge is 2.40. The molecule has 122 valence electrons. The van der Waals surface area contributed by atoms with Gasteiger partial charge in [-0.3, -0.25) is 0 Å². The van der Waals surface area contributed by atoms with Crippen molar-refractivity contribution in [1.82, 2.24) is 5.32 Å². The average Bonchev–Trinajstić information content (AvgIpc) is 2.97. The number of hydrogen-bond donors (Lipinski definition) is 1. The van der Waals surface area contributed by atoms with Crippen molar-refractivity contribution in [2.24, 2.45) is 0 Å². The van der Waals surface area contributed by atoms with Crippen LogP contribution in [-0.4, -0.2) is 32.2 Å². The third kappa shape index (κ3) is 3.12. The van der Waals surface area contributed by atoms with E-state index in [2.05, 4.69) is 5.32 Å². The molecule has 1 N–H and O–H groups in total. The molecule has 1 saturated carbocycles. The van der Waals surface area contributed by atoms with Gasteiger partial charge < -0.3 is 19.5 Å². The molecule has 22 heavy (non-hydrogen) atoms. The van der Waals surface area contributed by atoms with Gasteiger partial charge in [0.25, 0.3) is 0 Å². The Balaban J connectivity index is 1.62. The highest BCUT2D eigenvalue weighted by atomic mass is 19.1. The quantitative estimate of drug-likeness (QED) is 0.927. The fraction of sp³-hybridized carbons (Fsp3) is 0.647. The third-order valence-electron chi connectivity index (χ3n) is 4.71. The van der Waals surface area contributed by atoms with Crippen molar-refractivity contribution in [3.63, 3.8) is 0 Å². The standard InChI is InChI=1S/C17H24FNO3/c1-12(16-14(18)4-3-5-15(16)20-2)19-13-6-8-17(9-7-13)21-10-11-22-17/h3-5,12-13,19H,6-11H2,1-2H3/t12-/m0/s1. The second kappa shape index (κ2) is 6.52. The van der Waals surface area contributed by atoms with Gasteiger partial charge in [-0.05, 0) is 31.9 Å². The second-order valence-electron chi connectivity index (χ2n) is 6.13. The van der Waals surface area contributed by atoms with E-state index in [0.717, 1.165) is 25.7 Å². The lowest BCUT2D eigenvalue weighted by molar-refractivity contribution is -0.179. The molecular weight excluding hydrogens is 285 g/mol. The highest BCUT2D eigenvalue weighted by Crippen LogP contribution is 2.37. The van der Waals surface area contributed by atoms with Crippen molar-refractivity contribution in [2.45, 2.75) is 50.5 Å². The molecule has 1 aromatic carbocycles. The minimum Gasteiger partial charge on any atom is -0.496 e. The Morgan fingerprint density at radius 3 is 2.59 bits per heavy atom.